The van der Waals surface area contributed by atoms with E-state index in [4.69, 9.17) is 4.74 Å². The summed E-state index contributed by atoms with van der Waals surface area (Å²) in [6.45, 7) is 3.15. The molecular weight excluding hydrogens is 470 g/mol. The number of aromatic nitrogens is 2. The highest BCUT2D eigenvalue weighted by molar-refractivity contribution is 7.89. The lowest BCUT2D eigenvalue weighted by molar-refractivity contribution is -0.136. The van der Waals surface area contributed by atoms with Crippen LogP contribution in [0.4, 0.5) is 5.69 Å². The van der Waals surface area contributed by atoms with E-state index in [1.807, 2.05) is 25.1 Å². The third-order valence-electron chi connectivity index (χ3n) is 6.68. The number of aryl methyl sites for hydroxylation is 1. The van der Waals surface area contributed by atoms with Crippen molar-refractivity contribution < 1.29 is 22.7 Å². The van der Waals surface area contributed by atoms with Crippen LogP contribution in [0.5, 0.6) is 5.75 Å². The van der Waals surface area contributed by atoms with Crippen LogP contribution in [0.15, 0.2) is 47.6 Å². The number of hydrogen-bond acceptors (Lipinski definition) is 6. The lowest BCUT2D eigenvalue weighted by Gasteiger charge is -2.35. The molecule has 1 atom stereocenters. The number of carbonyl (C=O) groups is 2. The van der Waals surface area contributed by atoms with Gasteiger partial charge in [0.1, 0.15) is 16.3 Å². The van der Waals surface area contributed by atoms with Crippen LogP contribution in [0, 0.1) is 12.8 Å². The second-order valence-electron chi connectivity index (χ2n) is 8.86. The molecule has 1 N–H and O–H groups in total. The van der Waals surface area contributed by atoms with Gasteiger partial charge in [-0.3, -0.25) is 9.59 Å². The summed E-state index contributed by atoms with van der Waals surface area (Å²) in [6.07, 6.45) is 3.18. The number of piperazine rings is 1. The number of nitrogens with one attached hydrogen (secondary N) is 1. The molecule has 1 unspecified atom stereocenters. The number of benzene rings is 1. The van der Waals surface area contributed by atoms with Crippen molar-refractivity contribution in [1.29, 1.82) is 0 Å². The largest absolute Gasteiger partial charge is 0.495 e. The van der Waals surface area contributed by atoms with Gasteiger partial charge < -0.3 is 19.5 Å². The molecule has 10 nitrogen and oxygen atoms in total. The number of pyridine rings is 1. The second kappa shape index (κ2) is 8.97. The maximum atomic E-state index is 13.2. The fraction of sp³-hybridized carbons (Fsp3) is 0.375. The van der Waals surface area contributed by atoms with E-state index in [-0.39, 0.29) is 55.9 Å². The van der Waals surface area contributed by atoms with E-state index in [0.29, 0.717) is 22.5 Å². The number of carbonyl (C=O) groups excluding carboxylic acids is 2. The molecule has 2 aliphatic rings. The Hall–Kier alpha value is -3.44. The molecule has 2 aliphatic heterocycles. The first-order valence-electron chi connectivity index (χ1n) is 11.5. The Labute approximate surface area is 203 Å². The number of amides is 2. The molecule has 2 fully saturated rings. The van der Waals surface area contributed by atoms with Crippen LogP contribution in [0.1, 0.15) is 12.0 Å². The smallest absolute Gasteiger partial charge is 0.245 e. The van der Waals surface area contributed by atoms with Crippen LogP contribution in [0.25, 0.3) is 11.0 Å². The van der Waals surface area contributed by atoms with E-state index in [0.717, 1.165) is 5.56 Å². The summed E-state index contributed by atoms with van der Waals surface area (Å²) in [5, 5.41) is 0.544. The number of hydrogen-bond donors (Lipinski definition) is 1. The summed E-state index contributed by atoms with van der Waals surface area (Å²) in [4.78, 5) is 36.5. The van der Waals surface area contributed by atoms with E-state index in [1.54, 1.807) is 35.2 Å². The SMILES string of the molecule is COc1ccc(C)cc1N1CC(C(=O)N2CCN(S(=O)(=O)c3c[nH]c4ncccc34)CC2)CC1=O. The molecule has 5 rings (SSSR count). The average molecular weight is 498 g/mol. The summed E-state index contributed by atoms with van der Waals surface area (Å²) >= 11 is 0. The molecule has 35 heavy (non-hydrogen) atoms. The zero-order valence-corrected chi connectivity index (χ0v) is 20.4. The zero-order valence-electron chi connectivity index (χ0n) is 19.6. The van der Waals surface area contributed by atoms with Gasteiger partial charge >= 0.3 is 0 Å². The monoisotopic (exact) mass is 497 g/mol. The highest BCUT2D eigenvalue weighted by Gasteiger charge is 2.40. The lowest BCUT2D eigenvalue weighted by atomic mass is 10.1. The van der Waals surface area contributed by atoms with Crippen molar-refractivity contribution in [2.45, 2.75) is 18.2 Å². The summed E-state index contributed by atoms with van der Waals surface area (Å²) in [7, 11) is -2.18. The van der Waals surface area contributed by atoms with Crippen LogP contribution < -0.4 is 9.64 Å². The molecule has 2 amide bonds. The van der Waals surface area contributed by atoms with Crippen LogP contribution in [-0.2, 0) is 19.6 Å². The third-order valence-corrected chi connectivity index (χ3v) is 8.62. The van der Waals surface area contributed by atoms with Crippen molar-refractivity contribution in [2.75, 3.05) is 44.7 Å². The van der Waals surface area contributed by atoms with Crippen LogP contribution in [0.2, 0.25) is 0 Å². The maximum absolute atomic E-state index is 13.2. The van der Waals surface area contributed by atoms with Crippen molar-refractivity contribution in [3.05, 3.63) is 48.3 Å². The van der Waals surface area contributed by atoms with Gasteiger partial charge in [0, 0.05) is 56.9 Å². The molecule has 1 aromatic carbocycles. The molecule has 184 valence electrons. The molecule has 0 aliphatic carbocycles. The van der Waals surface area contributed by atoms with Gasteiger partial charge in [-0.1, -0.05) is 6.07 Å². The molecule has 0 radical (unpaired) electrons. The molecule has 4 heterocycles. The van der Waals surface area contributed by atoms with Gasteiger partial charge in [-0.2, -0.15) is 4.31 Å². The van der Waals surface area contributed by atoms with Gasteiger partial charge in [0.2, 0.25) is 21.8 Å². The number of anilines is 1. The van der Waals surface area contributed by atoms with Gasteiger partial charge in [0.25, 0.3) is 0 Å². The van der Waals surface area contributed by atoms with Crippen molar-refractivity contribution in [2.24, 2.45) is 5.92 Å². The Morgan fingerprint density at radius 3 is 2.69 bits per heavy atom. The summed E-state index contributed by atoms with van der Waals surface area (Å²) in [6, 6.07) is 9.03. The predicted molar refractivity (Wildman–Crippen MR) is 130 cm³/mol. The second-order valence-corrected chi connectivity index (χ2v) is 10.8. The fourth-order valence-electron chi connectivity index (χ4n) is 4.81. The highest BCUT2D eigenvalue weighted by atomic mass is 32.2. The molecule has 0 spiro atoms. The van der Waals surface area contributed by atoms with E-state index < -0.39 is 15.9 Å². The van der Waals surface area contributed by atoms with Gasteiger partial charge in [-0.05, 0) is 36.8 Å². The fourth-order valence-corrected chi connectivity index (χ4v) is 6.38. The van der Waals surface area contributed by atoms with Crippen LogP contribution >= 0.6 is 0 Å². The lowest BCUT2D eigenvalue weighted by Crippen LogP contribution is -2.52. The number of aromatic amines is 1. The molecule has 0 saturated carbocycles. The van der Waals surface area contributed by atoms with Crippen molar-refractivity contribution in [3.8, 4) is 5.75 Å². The number of methoxy groups -OCH3 is 1. The zero-order chi connectivity index (χ0) is 24.7. The first-order valence-corrected chi connectivity index (χ1v) is 12.9. The topological polar surface area (TPSA) is 116 Å². The first kappa shape index (κ1) is 23.3. The van der Waals surface area contributed by atoms with Crippen molar-refractivity contribution >= 4 is 38.6 Å². The third kappa shape index (κ3) is 4.14. The highest BCUT2D eigenvalue weighted by Crippen LogP contribution is 2.34. The number of H-pyrrole nitrogens is 1. The van der Waals surface area contributed by atoms with E-state index in [2.05, 4.69) is 9.97 Å². The molecule has 0 bridgehead atoms. The molecule has 3 aromatic rings. The van der Waals surface area contributed by atoms with Gasteiger partial charge in [-0.15, -0.1) is 0 Å². The minimum Gasteiger partial charge on any atom is -0.495 e. The Balaban J connectivity index is 1.26. The summed E-state index contributed by atoms with van der Waals surface area (Å²) < 4.78 is 33.3. The first-order chi connectivity index (χ1) is 16.8. The standard InChI is InChI=1S/C24H27N5O5S/c1-16-5-6-20(34-2)19(12-16)29-15-17(13-22(29)30)24(31)27-8-10-28(11-9-27)35(32,33)21-14-26-23-18(21)4-3-7-25-23/h3-7,12,14,17H,8-11,13,15H2,1-2H3,(H,25,26). The molecular formula is C24H27N5O5S. The number of nitrogens with zero attached hydrogens (tertiary/aromatic N) is 4. The minimum atomic E-state index is -3.73. The Morgan fingerprint density at radius 2 is 1.94 bits per heavy atom. The Kier molecular flexibility index (Phi) is 5.97. The number of sulfonamides is 1. The van der Waals surface area contributed by atoms with E-state index >= 15 is 0 Å². The molecule has 2 saturated heterocycles. The maximum Gasteiger partial charge on any atom is 0.245 e. The van der Waals surface area contributed by atoms with Crippen LogP contribution in [-0.4, -0.2) is 79.2 Å². The van der Waals surface area contributed by atoms with E-state index in [9.17, 15) is 18.0 Å². The minimum absolute atomic E-state index is 0.122. The quantitative estimate of drug-likeness (QED) is 0.574. The van der Waals surface area contributed by atoms with Gasteiger partial charge in [-0.25, -0.2) is 13.4 Å². The summed E-state index contributed by atoms with van der Waals surface area (Å²) in [5.74, 6) is -0.138. The van der Waals surface area contributed by atoms with Gasteiger partial charge in [0.05, 0.1) is 18.7 Å². The summed E-state index contributed by atoms with van der Waals surface area (Å²) in [5.41, 5.74) is 2.17. The predicted octanol–water partition coefficient (Wildman–Crippen LogP) is 1.77. The van der Waals surface area contributed by atoms with Gasteiger partial charge in [0.15, 0.2) is 0 Å². The Bertz CT molecular complexity index is 1390. The van der Waals surface area contributed by atoms with Crippen molar-refractivity contribution in [3.63, 3.8) is 0 Å². The normalized spacial score (nSPS) is 19.5. The van der Waals surface area contributed by atoms with Crippen molar-refractivity contribution in [1.82, 2.24) is 19.2 Å². The average Bonchev–Trinajstić information content (AvgIpc) is 3.48. The molecule has 11 heteroatoms. The number of fused-ring (bicyclic) bond motifs is 1. The molecule has 2 aromatic heterocycles. The Morgan fingerprint density at radius 1 is 1.17 bits per heavy atom. The van der Waals surface area contributed by atoms with Crippen LogP contribution in [0.3, 0.4) is 0 Å². The number of ether oxygens (including phenoxy) is 1. The van der Waals surface area contributed by atoms with E-state index in [1.165, 1.54) is 10.5 Å². The number of rotatable bonds is 5.